The van der Waals surface area contributed by atoms with Crippen LogP contribution in [0.25, 0.3) is 11.3 Å². The minimum Gasteiger partial charge on any atom is -0.493 e. The van der Waals surface area contributed by atoms with Gasteiger partial charge in [0.05, 0.1) is 17.6 Å². The number of carbonyl (C=O) groups excluding carboxylic acids is 5. The molecule has 7 bridgehead atoms. The summed E-state index contributed by atoms with van der Waals surface area (Å²) < 4.78 is 39.5. The molecule has 15 nitrogen and oxygen atoms in total. The number of hydrogen-bond donors (Lipinski definition) is 4. The van der Waals surface area contributed by atoms with Gasteiger partial charge in [-0.25, -0.2) is 18.2 Å². The van der Waals surface area contributed by atoms with E-state index >= 15 is 0 Å². The Labute approximate surface area is 320 Å². The van der Waals surface area contributed by atoms with Gasteiger partial charge in [-0.05, 0) is 69.2 Å². The number of alkyl carbamates (subject to hydrolysis) is 1. The molecule has 1 saturated heterocycles. The standard InChI is InChI=1S/C39H48N6O9S/c1-38(2)22-53-27-12-8-10-24(18-27)29-14-9-15-30(41-29)33(46)40-26-19-32-34(47)43-39(36(49)44-55(51,52)28-16-17-28)20-25(39)11-6-4-3-5-7-13-31(35(48)45(32)21-26)42-37(50)54-23-38/h6,8-12,14-15,18,25-26,28,31-32H,3-5,7,13,16-17,19-23H2,1-2H3,(H,40,46)(H,42,50)(H,43,47)(H,44,49)/t25-,26-,31+,32+,39-/m1/s1. The topological polar surface area (TPSA) is 202 Å². The highest BCUT2D eigenvalue weighted by molar-refractivity contribution is 7.91. The van der Waals surface area contributed by atoms with E-state index in [0.29, 0.717) is 42.7 Å². The number of fused-ring (bicyclic) bond motifs is 8. The number of rotatable bonds is 3. The molecule has 1 aromatic carbocycles. The first-order valence-electron chi connectivity index (χ1n) is 19.0. The number of nitrogens with one attached hydrogen (secondary N) is 4. The summed E-state index contributed by atoms with van der Waals surface area (Å²) in [6.07, 6.45) is 7.09. The zero-order valence-corrected chi connectivity index (χ0v) is 31.9. The molecule has 3 aliphatic heterocycles. The fourth-order valence-electron chi connectivity index (χ4n) is 7.40. The molecule has 2 aliphatic carbocycles. The Balaban J connectivity index is 1.21. The molecule has 4 heterocycles. The zero-order valence-electron chi connectivity index (χ0n) is 31.0. The van der Waals surface area contributed by atoms with Crippen molar-refractivity contribution >= 4 is 39.7 Å². The Bertz CT molecular complexity index is 2000. The lowest BCUT2D eigenvalue weighted by Crippen LogP contribution is -2.58. The number of hydrogen-bond acceptors (Lipinski definition) is 10. The number of aromatic nitrogens is 1. The van der Waals surface area contributed by atoms with Gasteiger partial charge >= 0.3 is 6.09 Å². The summed E-state index contributed by atoms with van der Waals surface area (Å²) in [5.74, 6) is -2.43. The molecule has 5 amide bonds. The van der Waals surface area contributed by atoms with Crippen LogP contribution in [0, 0.1) is 11.3 Å². The van der Waals surface area contributed by atoms with E-state index in [0.717, 1.165) is 12.8 Å². The van der Waals surface area contributed by atoms with Crippen molar-refractivity contribution in [2.45, 2.75) is 101 Å². The third-order valence-electron chi connectivity index (χ3n) is 10.8. The van der Waals surface area contributed by atoms with Crippen LogP contribution in [0.15, 0.2) is 54.6 Å². The van der Waals surface area contributed by atoms with Gasteiger partial charge in [0.15, 0.2) is 0 Å². The smallest absolute Gasteiger partial charge is 0.407 e. The predicted molar refractivity (Wildman–Crippen MR) is 200 cm³/mol. The summed E-state index contributed by atoms with van der Waals surface area (Å²) >= 11 is 0. The van der Waals surface area contributed by atoms with Gasteiger partial charge in [0.25, 0.3) is 11.8 Å². The number of benzene rings is 1. The minimum absolute atomic E-state index is 0.00762. The van der Waals surface area contributed by atoms with Crippen molar-refractivity contribution in [2.75, 3.05) is 19.8 Å². The first-order chi connectivity index (χ1) is 26.2. The van der Waals surface area contributed by atoms with Gasteiger partial charge < -0.3 is 30.3 Å². The third kappa shape index (κ3) is 8.79. The molecule has 2 saturated carbocycles. The second-order valence-corrected chi connectivity index (χ2v) is 18.0. The van der Waals surface area contributed by atoms with E-state index in [-0.39, 0.29) is 44.7 Å². The first-order valence-corrected chi connectivity index (χ1v) is 20.6. The van der Waals surface area contributed by atoms with Crippen LogP contribution >= 0.6 is 0 Å². The lowest BCUT2D eigenvalue weighted by atomic mass is 9.96. The number of amides is 5. The molecule has 5 aliphatic rings. The van der Waals surface area contributed by atoms with Crippen LogP contribution in [0.2, 0.25) is 0 Å². The SMILES string of the molecule is CC1(C)COC(=O)N[C@H]2CCCCCC=C[C@@H]3C[C@@]3(C(=O)NS(=O)(=O)C3CC3)NC(=O)[C@@H]3C[C@H](CN3C2=O)NC(=O)c2cccc(n2)-c2cccc(c2)OC1. The number of ether oxygens (including phenoxy) is 2. The van der Waals surface area contributed by atoms with Crippen LogP contribution in [0.4, 0.5) is 4.79 Å². The average Bonchev–Trinajstić information content (AvgIpc) is 4.09. The fraction of sp³-hybridized carbons (Fsp3) is 0.538. The van der Waals surface area contributed by atoms with Gasteiger partial charge in [-0.15, -0.1) is 0 Å². The first kappa shape index (κ1) is 38.3. The van der Waals surface area contributed by atoms with E-state index in [4.69, 9.17) is 9.47 Å². The van der Waals surface area contributed by atoms with Crippen molar-refractivity contribution in [3.8, 4) is 17.0 Å². The fourth-order valence-corrected chi connectivity index (χ4v) is 8.76. The summed E-state index contributed by atoms with van der Waals surface area (Å²) in [5.41, 5.74) is -0.776. The molecule has 5 atom stereocenters. The summed E-state index contributed by atoms with van der Waals surface area (Å²) in [5, 5.41) is 7.87. The number of carbonyl (C=O) groups is 5. The maximum Gasteiger partial charge on any atom is 0.407 e. The van der Waals surface area contributed by atoms with Crippen LogP contribution in [-0.4, -0.2) is 96.7 Å². The molecular weight excluding hydrogens is 729 g/mol. The molecule has 7 rings (SSSR count). The lowest BCUT2D eigenvalue weighted by Gasteiger charge is -2.30. The Kier molecular flexibility index (Phi) is 10.6. The largest absolute Gasteiger partial charge is 0.493 e. The highest BCUT2D eigenvalue weighted by atomic mass is 32.2. The van der Waals surface area contributed by atoms with Crippen molar-refractivity contribution in [2.24, 2.45) is 11.3 Å². The van der Waals surface area contributed by atoms with Crippen molar-refractivity contribution in [1.82, 2.24) is 30.6 Å². The van der Waals surface area contributed by atoms with Gasteiger partial charge in [0, 0.05) is 29.5 Å². The molecule has 294 valence electrons. The molecule has 0 radical (unpaired) electrons. The molecule has 2 aromatic rings. The highest BCUT2D eigenvalue weighted by Gasteiger charge is 2.62. The maximum absolute atomic E-state index is 14.5. The minimum atomic E-state index is -3.91. The van der Waals surface area contributed by atoms with E-state index in [2.05, 4.69) is 25.7 Å². The third-order valence-corrected chi connectivity index (χ3v) is 12.7. The van der Waals surface area contributed by atoms with Crippen molar-refractivity contribution in [3.05, 3.63) is 60.3 Å². The number of sulfonamides is 1. The van der Waals surface area contributed by atoms with E-state index in [9.17, 15) is 32.4 Å². The molecule has 16 heteroatoms. The summed E-state index contributed by atoms with van der Waals surface area (Å²) in [4.78, 5) is 75.4. The van der Waals surface area contributed by atoms with Gasteiger partial charge in [-0.1, -0.05) is 57.0 Å². The van der Waals surface area contributed by atoms with E-state index < -0.39 is 80.0 Å². The monoisotopic (exact) mass is 776 g/mol. The van der Waals surface area contributed by atoms with E-state index in [1.807, 2.05) is 44.2 Å². The lowest BCUT2D eigenvalue weighted by molar-refractivity contribution is -0.141. The number of cyclic esters (lactones) is 1. The molecular formula is C39H48N6O9S. The van der Waals surface area contributed by atoms with Gasteiger partial charge in [-0.3, -0.25) is 23.9 Å². The number of nitrogens with zero attached hydrogens (tertiary/aromatic N) is 2. The maximum atomic E-state index is 14.5. The van der Waals surface area contributed by atoms with Crippen molar-refractivity contribution < 1.29 is 41.9 Å². The van der Waals surface area contributed by atoms with Crippen LogP contribution in [0.5, 0.6) is 5.75 Å². The van der Waals surface area contributed by atoms with Gasteiger partial charge in [-0.2, -0.15) is 0 Å². The number of pyridine rings is 1. The summed E-state index contributed by atoms with van der Waals surface area (Å²) in [6, 6.07) is 9.42. The van der Waals surface area contributed by atoms with E-state index in [1.165, 1.54) is 4.90 Å². The van der Waals surface area contributed by atoms with Gasteiger partial charge in [0.1, 0.15) is 35.7 Å². The van der Waals surface area contributed by atoms with E-state index in [1.54, 1.807) is 24.3 Å². The quantitative estimate of drug-likeness (QED) is 0.336. The van der Waals surface area contributed by atoms with Crippen molar-refractivity contribution in [1.29, 1.82) is 0 Å². The van der Waals surface area contributed by atoms with Crippen LogP contribution in [-0.2, 0) is 29.1 Å². The molecule has 1 aromatic heterocycles. The van der Waals surface area contributed by atoms with Crippen LogP contribution < -0.4 is 25.4 Å². The second kappa shape index (κ2) is 15.3. The molecule has 3 fully saturated rings. The molecule has 55 heavy (non-hydrogen) atoms. The Morgan fingerprint density at radius 3 is 2.51 bits per heavy atom. The Morgan fingerprint density at radius 2 is 1.71 bits per heavy atom. The van der Waals surface area contributed by atoms with Crippen molar-refractivity contribution in [3.63, 3.8) is 0 Å². The summed E-state index contributed by atoms with van der Waals surface area (Å²) in [6.45, 7) is 3.89. The van der Waals surface area contributed by atoms with Gasteiger partial charge in [0.2, 0.25) is 21.8 Å². The Morgan fingerprint density at radius 1 is 0.945 bits per heavy atom. The Hall–Kier alpha value is -4.99. The number of allylic oxidation sites excluding steroid dienone is 1. The van der Waals surface area contributed by atoms with Crippen LogP contribution in [0.3, 0.4) is 0 Å². The summed E-state index contributed by atoms with van der Waals surface area (Å²) in [7, 11) is -3.91. The molecule has 4 N–H and O–H groups in total. The second-order valence-electron chi connectivity index (χ2n) is 16.1. The average molecular weight is 777 g/mol. The molecule has 0 unspecified atom stereocenters. The highest BCUT2D eigenvalue weighted by Crippen LogP contribution is 2.46. The zero-order chi connectivity index (χ0) is 39.0. The predicted octanol–water partition coefficient (Wildman–Crippen LogP) is 2.96. The normalized spacial score (nSPS) is 28.8. The molecule has 0 spiro atoms. The van der Waals surface area contributed by atoms with Crippen LogP contribution in [0.1, 0.15) is 82.1 Å².